The lowest BCUT2D eigenvalue weighted by atomic mass is 10.1. The molecule has 2 rings (SSSR count). The number of aliphatic imine (C=N–C) groups is 1. The second-order valence-corrected chi connectivity index (χ2v) is 6.27. The van der Waals surface area contributed by atoms with Crippen LogP contribution in [0.1, 0.15) is 24.5 Å². The van der Waals surface area contributed by atoms with Crippen molar-refractivity contribution >= 4 is 29.9 Å². The van der Waals surface area contributed by atoms with E-state index in [9.17, 15) is 0 Å². The van der Waals surface area contributed by atoms with Gasteiger partial charge in [-0.3, -0.25) is 4.99 Å². The van der Waals surface area contributed by atoms with E-state index in [1.165, 1.54) is 18.5 Å². The fraction of sp³-hybridized carbons (Fsp3) is 0.611. The van der Waals surface area contributed by atoms with E-state index in [0.29, 0.717) is 19.1 Å². The third kappa shape index (κ3) is 6.47. The molecule has 0 spiro atoms. The van der Waals surface area contributed by atoms with Gasteiger partial charge in [0, 0.05) is 32.2 Å². The number of benzene rings is 1. The van der Waals surface area contributed by atoms with Crippen molar-refractivity contribution < 1.29 is 4.74 Å². The summed E-state index contributed by atoms with van der Waals surface area (Å²) in [7, 11) is 3.99. The Labute approximate surface area is 163 Å². The first-order valence-corrected chi connectivity index (χ1v) is 8.47. The first-order valence-electron chi connectivity index (χ1n) is 8.47. The average molecular weight is 446 g/mol. The minimum atomic E-state index is 0. The van der Waals surface area contributed by atoms with E-state index in [0.717, 1.165) is 30.4 Å². The van der Waals surface area contributed by atoms with Crippen molar-refractivity contribution in [3.8, 4) is 5.75 Å². The number of hydrogen-bond donors (Lipinski definition) is 2. The number of nitrogens with zero attached hydrogens (tertiary/aromatic N) is 2. The summed E-state index contributed by atoms with van der Waals surface area (Å²) in [5, 5.41) is 6.82. The van der Waals surface area contributed by atoms with Crippen molar-refractivity contribution in [2.24, 2.45) is 10.9 Å². The highest BCUT2D eigenvalue weighted by molar-refractivity contribution is 14.0. The molecule has 0 radical (unpaired) electrons. The van der Waals surface area contributed by atoms with Crippen LogP contribution >= 0.6 is 24.0 Å². The topological polar surface area (TPSA) is 48.9 Å². The molecule has 1 aromatic rings. The molecule has 1 unspecified atom stereocenters. The average Bonchev–Trinajstić information content (AvgIpc) is 2.95. The molecule has 1 atom stereocenters. The highest BCUT2D eigenvalue weighted by Gasteiger charge is 2.19. The lowest BCUT2D eigenvalue weighted by Crippen LogP contribution is -2.39. The van der Waals surface area contributed by atoms with Crippen molar-refractivity contribution in [1.29, 1.82) is 0 Å². The minimum Gasteiger partial charge on any atom is -0.494 e. The number of hydrogen-bond acceptors (Lipinski definition) is 3. The zero-order chi connectivity index (χ0) is 16.7. The Bertz CT molecular complexity index is 536. The van der Waals surface area contributed by atoms with Gasteiger partial charge in [0.05, 0.1) is 6.61 Å². The predicted molar refractivity (Wildman–Crippen MR) is 112 cm³/mol. The van der Waals surface area contributed by atoms with Crippen LogP contribution in [-0.2, 0) is 6.54 Å². The van der Waals surface area contributed by atoms with Gasteiger partial charge in [-0.05, 0) is 51.4 Å². The summed E-state index contributed by atoms with van der Waals surface area (Å²) in [5.41, 5.74) is 2.37. The molecular weight excluding hydrogens is 415 g/mol. The van der Waals surface area contributed by atoms with Crippen LogP contribution in [0.4, 0.5) is 0 Å². The van der Waals surface area contributed by atoms with E-state index in [1.54, 1.807) is 0 Å². The maximum Gasteiger partial charge on any atom is 0.191 e. The van der Waals surface area contributed by atoms with Gasteiger partial charge in [0.25, 0.3) is 0 Å². The van der Waals surface area contributed by atoms with Crippen LogP contribution in [0, 0.1) is 12.8 Å². The number of ether oxygens (including phenoxy) is 1. The molecule has 1 aromatic carbocycles. The summed E-state index contributed by atoms with van der Waals surface area (Å²) in [6.45, 7) is 8.81. The lowest BCUT2D eigenvalue weighted by Gasteiger charge is -2.17. The van der Waals surface area contributed by atoms with Crippen molar-refractivity contribution in [1.82, 2.24) is 15.5 Å². The fourth-order valence-corrected chi connectivity index (χ4v) is 2.93. The zero-order valence-electron chi connectivity index (χ0n) is 15.3. The summed E-state index contributed by atoms with van der Waals surface area (Å²) in [6, 6.07) is 6.32. The van der Waals surface area contributed by atoms with Crippen LogP contribution in [0.15, 0.2) is 23.2 Å². The largest absolute Gasteiger partial charge is 0.494 e. The highest BCUT2D eigenvalue weighted by Crippen LogP contribution is 2.20. The minimum absolute atomic E-state index is 0. The van der Waals surface area contributed by atoms with Crippen LogP contribution in [0.2, 0.25) is 0 Å². The number of guanidine groups is 1. The summed E-state index contributed by atoms with van der Waals surface area (Å²) in [4.78, 5) is 6.69. The first-order chi connectivity index (χ1) is 11.1. The standard InChI is InChI=1S/C18H30N4O.HI/c1-5-23-17-10-14(2)6-7-16(17)12-21-18(19-3)20-11-15-8-9-22(4)13-15;/h6-7,10,15H,5,8-9,11-13H2,1-4H3,(H2,19,20,21);1H. The highest BCUT2D eigenvalue weighted by atomic mass is 127. The molecule has 1 heterocycles. The normalized spacial score (nSPS) is 18.2. The number of rotatable bonds is 6. The fourth-order valence-electron chi connectivity index (χ4n) is 2.93. The molecule has 0 bridgehead atoms. The van der Waals surface area contributed by atoms with Crippen LogP contribution in [0.25, 0.3) is 0 Å². The van der Waals surface area contributed by atoms with Crippen LogP contribution < -0.4 is 15.4 Å². The Hall–Kier alpha value is -1.02. The van der Waals surface area contributed by atoms with Crippen LogP contribution in [-0.4, -0.2) is 51.2 Å². The molecule has 0 aromatic heterocycles. The molecular formula is C18H31IN4O. The quantitative estimate of drug-likeness (QED) is 0.401. The van der Waals surface area contributed by atoms with Crippen molar-refractivity contribution in [2.75, 3.05) is 40.3 Å². The van der Waals surface area contributed by atoms with E-state index in [-0.39, 0.29) is 24.0 Å². The summed E-state index contributed by atoms with van der Waals surface area (Å²) < 4.78 is 5.73. The van der Waals surface area contributed by atoms with Gasteiger partial charge < -0.3 is 20.3 Å². The monoisotopic (exact) mass is 446 g/mol. The van der Waals surface area contributed by atoms with Crippen molar-refractivity contribution in [3.63, 3.8) is 0 Å². The van der Waals surface area contributed by atoms with Gasteiger partial charge in [0.1, 0.15) is 5.75 Å². The van der Waals surface area contributed by atoms with Crippen molar-refractivity contribution in [2.45, 2.75) is 26.8 Å². The molecule has 0 saturated carbocycles. The Morgan fingerprint density at radius 1 is 1.38 bits per heavy atom. The Balaban J connectivity index is 0.00000288. The van der Waals surface area contributed by atoms with E-state index in [1.807, 2.05) is 14.0 Å². The third-order valence-corrected chi connectivity index (χ3v) is 4.24. The summed E-state index contributed by atoms with van der Waals surface area (Å²) >= 11 is 0. The molecule has 5 nitrogen and oxygen atoms in total. The molecule has 6 heteroatoms. The number of aryl methyl sites for hydroxylation is 1. The molecule has 0 aliphatic carbocycles. The Morgan fingerprint density at radius 3 is 2.79 bits per heavy atom. The molecule has 1 aliphatic rings. The van der Waals surface area contributed by atoms with Crippen LogP contribution in [0.5, 0.6) is 5.75 Å². The van der Waals surface area contributed by atoms with Crippen LogP contribution in [0.3, 0.4) is 0 Å². The molecule has 1 saturated heterocycles. The maximum atomic E-state index is 5.73. The van der Waals surface area contributed by atoms with Gasteiger partial charge in [-0.15, -0.1) is 24.0 Å². The first kappa shape index (κ1) is 21.0. The van der Waals surface area contributed by atoms with Gasteiger partial charge in [0.2, 0.25) is 0 Å². The smallest absolute Gasteiger partial charge is 0.191 e. The summed E-state index contributed by atoms with van der Waals surface area (Å²) in [6.07, 6.45) is 1.26. The predicted octanol–water partition coefficient (Wildman–Crippen LogP) is 2.63. The van der Waals surface area contributed by atoms with E-state index in [2.05, 4.69) is 52.7 Å². The number of halogens is 1. The molecule has 2 N–H and O–H groups in total. The molecule has 1 aliphatic heterocycles. The maximum absolute atomic E-state index is 5.73. The van der Waals surface area contributed by atoms with Gasteiger partial charge in [-0.1, -0.05) is 12.1 Å². The Kier molecular flexibility index (Phi) is 9.43. The van der Waals surface area contributed by atoms with Gasteiger partial charge in [0.15, 0.2) is 5.96 Å². The number of nitrogens with one attached hydrogen (secondary N) is 2. The molecule has 0 amide bonds. The second-order valence-electron chi connectivity index (χ2n) is 6.27. The molecule has 1 fully saturated rings. The molecule has 136 valence electrons. The molecule has 24 heavy (non-hydrogen) atoms. The Morgan fingerprint density at radius 2 is 2.17 bits per heavy atom. The third-order valence-electron chi connectivity index (χ3n) is 4.24. The van der Waals surface area contributed by atoms with Gasteiger partial charge in [-0.25, -0.2) is 0 Å². The SMILES string of the molecule is CCOc1cc(C)ccc1CNC(=NC)NCC1CCN(C)C1.I. The number of likely N-dealkylation sites (tertiary alicyclic amines) is 1. The van der Waals surface area contributed by atoms with E-state index < -0.39 is 0 Å². The van der Waals surface area contributed by atoms with E-state index >= 15 is 0 Å². The van der Waals surface area contributed by atoms with Gasteiger partial charge in [-0.2, -0.15) is 0 Å². The zero-order valence-corrected chi connectivity index (χ0v) is 17.6. The summed E-state index contributed by atoms with van der Waals surface area (Å²) in [5.74, 6) is 2.51. The van der Waals surface area contributed by atoms with Gasteiger partial charge >= 0.3 is 0 Å². The second kappa shape index (κ2) is 10.8. The van der Waals surface area contributed by atoms with E-state index in [4.69, 9.17) is 4.74 Å². The van der Waals surface area contributed by atoms with Crippen molar-refractivity contribution in [3.05, 3.63) is 29.3 Å². The lowest BCUT2D eigenvalue weighted by molar-refractivity contribution is 0.336.